The number of hydrogen-bond acceptors (Lipinski definition) is 3. The molecular weight excluding hydrogens is 346 g/mol. The van der Waals surface area contributed by atoms with E-state index in [-0.39, 0.29) is 5.97 Å². The van der Waals surface area contributed by atoms with Crippen LogP contribution in [0.2, 0.25) is 5.02 Å². The molecule has 3 nitrogen and oxygen atoms in total. The molecule has 2 aromatic carbocycles. The molecule has 0 saturated heterocycles. The van der Waals surface area contributed by atoms with Crippen molar-refractivity contribution in [3.63, 3.8) is 0 Å². The Balaban J connectivity index is 1.83. The largest absolute Gasteiger partial charge is 0.464 e. The van der Waals surface area contributed by atoms with Crippen molar-refractivity contribution in [2.75, 3.05) is 26.2 Å². The van der Waals surface area contributed by atoms with Gasteiger partial charge in [-0.25, -0.2) is 0 Å². The number of hydrogen-bond donors (Lipinski definition) is 0. The van der Waals surface area contributed by atoms with Crippen LogP contribution in [-0.2, 0) is 27.8 Å². The summed E-state index contributed by atoms with van der Waals surface area (Å²) in [5.41, 5.74) is 2.77. The Morgan fingerprint density at radius 3 is 2.15 bits per heavy atom. The highest BCUT2D eigenvalue weighted by Gasteiger charge is 2.46. The van der Waals surface area contributed by atoms with Gasteiger partial charge in [-0.2, -0.15) is 0 Å². The monoisotopic (exact) mass is 371 g/mol. The molecule has 1 aliphatic rings. The Labute approximate surface area is 160 Å². The van der Waals surface area contributed by atoms with Crippen molar-refractivity contribution in [1.82, 2.24) is 4.90 Å². The molecule has 0 fully saturated rings. The third kappa shape index (κ3) is 3.79. The molecule has 26 heavy (non-hydrogen) atoms. The predicted molar refractivity (Wildman–Crippen MR) is 106 cm³/mol. The number of ether oxygens (including phenoxy) is 1. The lowest BCUT2D eigenvalue weighted by Crippen LogP contribution is -2.40. The number of fused-ring (bicyclic) bond motifs is 1. The second kappa shape index (κ2) is 8.24. The molecule has 0 amide bonds. The van der Waals surface area contributed by atoms with Gasteiger partial charge < -0.3 is 9.64 Å². The van der Waals surface area contributed by atoms with Gasteiger partial charge in [0.25, 0.3) is 0 Å². The number of carbonyl (C=O) groups excluding carboxylic acids is 1. The Bertz CT molecular complexity index is 728. The summed E-state index contributed by atoms with van der Waals surface area (Å²) in [6.07, 6.45) is 1.35. The van der Waals surface area contributed by atoms with Crippen molar-refractivity contribution >= 4 is 17.6 Å². The molecule has 3 rings (SSSR count). The highest BCUT2D eigenvalue weighted by atomic mass is 35.5. The van der Waals surface area contributed by atoms with E-state index in [0.29, 0.717) is 24.5 Å². The van der Waals surface area contributed by atoms with E-state index < -0.39 is 5.41 Å². The summed E-state index contributed by atoms with van der Waals surface area (Å²) in [5, 5.41) is 0.675. The maximum absolute atomic E-state index is 13.2. The number of likely N-dealkylation sites (N-methyl/N-ethyl adjacent to an activating group) is 1. The second-order valence-electron chi connectivity index (χ2n) is 6.87. The van der Waals surface area contributed by atoms with Crippen LogP contribution in [0.4, 0.5) is 0 Å². The fourth-order valence-corrected chi connectivity index (χ4v) is 3.92. The minimum Gasteiger partial charge on any atom is -0.464 e. The van der Waals surface area contributed by atoms with Crippen LogP contribution in [0.15, 0.2) is 48.5 Å². The van der Waals surface area contributed by atoms with Crippen LogP contribution in [0.5, 0.6) is 0 Å². The van der Waals surface area contributed by atoms with Crippen molar-refractivity contribution in [2.24, 2.45) is 0 Å². The van der Waals surface area contributed by atoms with Crippen molar-refractivity contribution in [1.29, 1.82) is 0 Å². The summed E-state index contributed by atoms with van der Waals surface area (Å²) in [4.78, 5) is 15.5. The highest BCUT2D eigenvalue weighted by molar-refractivity contribution is 6.30. The zero-order valence-corrected chi connectivity index (χ0v) is 16.3. The summed E-state index contributed by atoms with van der Waals surface area (Å²) in [6.45, 7) is 7.35. The van der Waals surface area contributed by atoms with Gasteiger partial charge in [-0.1, -0.05) is 61.8 Å². The van der Waals surface area contributed by atoms with E-state index in [1.165, 1.54) is 11.1 Å². The van der Waals surface area contributed by atoms with Gasteiger partial charge in [0.15, 0.2) is 0 Å². The van der Waals surface area contributed by atoms with E-state index in [4.69, 9.17) is 16.3 Å². The molecule has 1 aliphatic carbocycles. The molecule has 0 radical (unpaired) electrons. The predicted octanol–water partition coefficient (Wildman–Crippen LogP) is 4.26. The van der Waals surface area contributed by atoms with Crippen molar-refractivity contribution in [3.8, 4) is 0 Å². The molecule has 2 aromatic rings. The van der Waals surface area contributed by atoms with E-state index in [1.807, 2.05) is 36.4 Å². The van der Waals surface area contributed by atoms with Gasteiger partial charge in [-0.15, -0.1) is 0 Å². The molecule has 0 heterocycles. The standard InChI is InChI=1S/C22H26ClNO2/c1-3-24(4-2)13-14-26-21(25)22(19-9-11-20(23)12-10-19)15-17-7-5-6-8-18(17)16-22/h5-12H,3-4,13-16H2,1-2H3. The average molecular weight is 372 g/mol. The Hall–Kier alpha value is -1.84. The third-order valence-electron chi connectivity index (χ3n) is 5.43. The first kappa shape index (κ1) is 18.9. The van der Waals surface area contributed by atoms with Crippen molar-refractivity contribution < 1.29 is 9.53 Å². The van der Waals surface area contributed by atoms with Crippen LogP contribution >= 0.6 is 11.6 Å². The van der Waals surface area contributed by atoms with E-state index in [9.17, 15) is 4.79 Å². The summed E-state index contributed by atoms with van der Waals surface area (Å²) in [7, 11) is 0. The molecule has 0 bridgehead atoms. The van der Waals surface area contributed by atoms with Crippen LogP contribution < -0.4 is 0 Å². The number of halogens is 1. The molecule has 0 N–H and O–H groups in total. The molecule has 0 atom stereocenters. The van der Waals surface area contributed by atoms with Crippen LogP contribution in [0.3, 0.4) is 0 Å². The summed E-state index contributed by atoms with van der Waals surface area (Å²) < 4.78 is 5.77. The van der Waals surface area contributed by atoms with Crippen LogP contribution in [0.1, 0.15) is 30.5 Å². The molecular formula is C22H26ClNO2. The zero-order valence-electron chi connectivity index (χ0n) is 15.5. The van der Waals surface area contributed by atoms with Gasteiger partial charge in [-0.05, 0) is 54.8 Å². The first-order valence-electron chi connectivity index (χ1n) is 9.31. The molecule has 0 aromatic heterocycles. The fraction of sp³-hybridized carbons (Fsp3) is 0.409. The molecule has 138 valence electrons. The lowest BCUT2D eigenvalue weighted by atomic mass is 9.77. The maximum Gasteiger partial charge on any atom is 0.317 e. The smallest absolute Gasteiger partial charge is 0.317 e. The van der Waals surface area contributed by atoms with Gasteiger partial charge in [0.2, 0.25) is 0 Å². The maximum atomic E-state index is 13.2. The van der Waals surface area contributed by atoms with Crippen LogP contribution in [0, 0.1) is 0 Å². The van der Waals surface area contributed by atoms with Crippen LogP contribution in [-0.4, -0.2) is 37.1 Å². The lowest BCUT2D eigenvalue weighted by Gasteiger charge is -2.28. The normalized spacial score (nSPS) is 15.1. The Morgan fingerprint density at radius 2 is 1.62 bits per heavy atom. The van der Waals surface area contributed by atoms with Gasteiger partial charge >= 0.3 is 5.97 Å². The van der Waals surface area contributed by atoms with E-state index in [2.05, 4.69) is 30.9 Å². The first-order valence-corrected chi connectivity index (χ1v) is 9.69. The minimum absolute atomic E-state index is 0.136. The first-order chi connectivity index (χ1) is 12.6. The highest BCUT2D eigenvalue weighted by Crippen LogP contribution is 2.41. The molecule has 0 aliphatic heterocycles. The van der Waals surface area contributed by atoms with E-state index in [1.54, 1.807) is 0 Å². The van der Waals surface area contributed by atoms with E-state index >= 15 is 0 Å². The number of benzene rings is 2. The number of rotatable bonds is 7. The van der Waals surface area contributed by atoms with E-state index in [0.717, 1.165) is 25.2 Å². The van der Waals surface area contributed by atoms with Gasteiger partial charge in [0.05, 0.1) is 0 Å². The molecule has 0 spiro atoms. The molecule has 0 unspecified atom stereocenters. The Kier molecular flexibility index (Phi) is 6.00. The van der Waals surface area contributed by atoms with Gasteiger partial charge in [-0.3, -0.25) is 4.79 Å². The lowest BCUT2D eigenvalue weighted by molar-refractivity contribution is -0.150. The van der Waals surface area contributed by atoms with Crippen molar-refractivity contribution in [3.05, 3.63) is 70.2 Å². The number of nitrogens with zero attached hydrogens (tertiary/aromatic N) is 1. The fourth-order valence-electron chi connectivity index (χ4n) is 3.80. The SMILES string of the molecule is CCN(CC)CCOC(=O)C1(c2ccc(Cl)cc2)Cc2ccccc2C1. The quantitative estimate of drug-likeness (QED) is 0.681. The topological polar surface area (TPSA) is 29.5 Å². The minimum atomic E-state index is -0.655. The second-order valence-corrected chi connectivity index (χ2v) is 7.31. The summed E-state index contributed by atoms with van der Waals surface area (Å²) in [6, 6.07) is 15.9. The summed E-state index contributed by atoms with van der Waals surface area (Å²) in [5.74, 6) is -0.136. The zero-order chi connectivity index (χ0) is 18.6. The Morgan fingerprint density at radius 1 is 1.04 bits per heavy atom. The number of carbonyl (C=O) groups is 1. The summed E-state index contributed by atoms with van der Waals surface area (Å²) >= 11 is 6.06. The van der Waals surface area contributed by atoms with Gasteiger partial charge in [0, 0.05) is 11.6 Å². The average Bonchev–Trinajstić information content (AvgIpc) is 3.06. The van der Waals surface area contributed by atoms with Crippen molar-refractivity contribution in [2.45, 2.75) is 32.1 Å². The third-order valence-corrected chi connectivity index (χ3v) is 5.68. The molecule has 4 heteroatoms. The van der Waals surface area contributed by atoms with Crippen LogP contribution in [0.25, 0.3) is 0 Å². The molecule has 0 saturated carbocycles. The number of esters is 1. The van der Waals surface area contributed by atoms with Gasteiger partial charge in [0.1, 0.15) is 12.0 Å².